The average molecular weight is 298 g/mol. The van der Waals surface area contributed by atoms with Gasteiger partial charge in [0, 0.05) is 18.6 Å². The van der Waals surface area contributed by atoms with E-state index in [9.17, 15) is 8.42 Å². The lowest BCUT2D eigenvalue weighted by atomic mass is 10.5. The van der Waals surface area contributed by atoms with Gasteiger partial charge >= 0.3 is 0 Å². The van der Waals surface area contributed by atoms with Crippen molar-refractivity contribution in [1.29, 1.82) is 0 Å². The number of imidazole rings is 2. The minimum Gasteiger partial charge on any atom is -0.330 e. The molecule has 0 aliphatic heterocycles. The fourth-order valence-corrected chi connectivity index (χ4v) is 3.31. The first-order valence-electron chi connectivity index (χ1n) is 5.23. The van der Waals surface area contributed by atoms with Crippen LogP contribution in [0.2, 0.25) is 5.15 Å². The summed E-state index contributed by atoms with van der Waals surface area (Å²) in [4.78, 5) is 10.4. The molecule has 3 aromatic rings. The van der Waals surface area contributed by atoms with Gasteiger partial charge < -0.3 is 4.98 Å². The second-order valence-corrected chi connectivity index (χ2v) is 5.64. The maximum atomic E-state index is 12.3. The van der Waals surface area contributed by atoms with Gasteiger partial charge in [-0.05, 0) is 12.1 Å². The van der Waals surface area contributed by atoms with Gasteiger partial charge in [-0.2, -0.15) is 8.42 Å². The Balaban J connectivity index is 2.15. The molecule has 0 radical (unpaired) electrons. The van der Waals surface area contributed by atoms with Gasteiger partial charge in [0.25, 0.3) is 10.0 Å². The van der Waals surface area contributed by atoms with Gasteiger partial charge in [-0.3, -0.25) is 4.40 Å². The number of nitrogens with zero attached hydrogens (tertiary/aromatic N) is 3. The lowest BCUT2D eigenvalue weighted by molar-refractivity contribution is 0.596. The fraction of sp³-hybridized carbons (Fsp3) is 0. The average Bonchev–Trinajstić information content (AvgIpc) is 2.94. The summed E-state index contributed by atoms with van der Waals surface area (Å²) in [6.45, 7) is 0. The van der Waals surface area contributed by atoms with Crippen LogP contribution in [0.15, 0.2) is 41.8 Å². The number of sulfonamides is 1. The molecular formula is C10H8ClN5O2S. The smallest absolute Gasteiger partial charge is 0.283 e. The zero-order valence-corrected chi connectivity index (χ0v) is 11.0. The summed E-state index contributed by atoms with van der Waals surface area (Å²) in [6, 6.07) is 5.10. The zero-order valence-electron chi connectivity index (χ0n) is 9.41. The Kier molecular flexibility index (Phi) is 2.68. The van der Waals surface area contributed by atoms with E-state index in [2.05, 4.69) is 19.7 Å². The SMILES string of the molecule is O=S(=O)(Nc1ncc[nH]1)c1c(Cl)nc2ccccn12. The first-order chi connectivity index (χ1) is 9.08. The molecule has 0 unspecified atom stereocenters. The van der Waals surface area contributed by atoms with Crippen LogP contribution in [0.1, 0.15) is 0 Å². The van der Waals surface area contributed by atoms with Crippen molar-refractivity contribution in [3.63, 3.8) is 0 Å². The van der Waals surface area contributed by atoms with Gasteiger partial charge in [-0.15, -0.1) is 0 Å². The number of aromatic amines is 1. The summed E-state index contributed by atoms with van der Waals surface area (Å²) >= 11 is 5.91. The largest absolute Gasteiger partial charge is 0.330 e. The number of halogens is 1. The van der Waals surface area contributed by atoms with E-state index in [0.717, 1.165) is 0 Å². The molecule has 0 aromatic carbocycles. The van der Waals surface area contributed by atoms with E-state index >= 15 is 0 Å². The molecule has 0 aliphatic carbocycles. The molecule has 0 fully saturated rings. The predicted molar refractivity (Wildman–Crippen MR) is 69.6 cm³/mol. The molecule has 3 rings (SSSR count). The highest BCUT2D eigenvalue weighted by molar-refractivity contribution is 7.92. The number of pyridine rings is 1. The van der Waals surface area contributed by atoms with Crippen molar-refractivity contribution in [2.75, 3.05) is 4.72 Å². The molecule has 3 heterocycles. The van der Waals surface area contributed by atoms with Crippen molar-refractivity contribution in [3.8, 4) is 0 Å². The van der Waals surface area contributed by atoms with Crippen molar-refractivity contribution in [1.82, 2.24) is 19.4 Å². The van der Waals surface area contributed by atoms with Crippen LogP contribution in [0.3, 0.4) is 0 Å². The van der Waals surface area contributed by atoms with Crippen molar-refractivity contribution in [2.24, 2.45) is 0 Å². The van der Waals surface area contributed by atoms with Crippen molar-refractivity contribution >= 4 is 33.2 Å². The third kappa shape index (κ3) is 2.04. The summed E-state index contributed by atoms with van der Waals surface area (Å²) in [6.07, 6.45) is 4.52. The summed E-state index contributed by atoms with van der Waals surface area (Å²) < 4.78 is 28.2. The van der Waals surface area contributed by atoms with E-state index in [4.69, 9.17) is 11.6 Å². The van der Waals surface area contributed by atoms with Crippen LogP contribution >= 0.6 is 11.6 Å². The molecule has 7 nitrogen and oxygen atoms in total. The number of H-pyrrole nitrogens is 1. The molecule has 0 saturated heterocycles. The van der Waals surface area contributed by atoms with Crippen LogP contribution in [0, 0.1) is 0 Å². The normalized spacial score (nSPS) is 11.8. The Hall–Kier alpha value is -2.06. The number of rotatable bonds is 3. The van der Waals surface area contributed by atoms with Gasteiger partial charge in [0.2, 0.25) is 5.95 Å². The summed E-state index contributed by atoms with van der Waals surface area (Å²) in [5, 5.41) is -0.216. The molecule has 0 spiro atoms. The van der Waals surface area contributed by atoms with Crippen LogP contribution in [-0.2, 0) is 10.0 Å². The van der Waals surface area contributed by atoms with Gasteiger partial charge in [-0.1, -0.05) is 17.7 Å². The number of fused-ring (bicyclic) bond motifs is 1. The zero-order chi connectivity index (χ0) is 13.5. The van der Waals surface area contributed by atoms with Crippen molar-refractivity contribution in [3.05, 3.63) is 41.9 Å². The Labute approximate surface area is 113 Å². The first kappa shape index (κ1) is 12.0. The van der Waals surface area contributed by atoms with Crippen LogP contribution < -0.4 is 4.72 Å². The van der Waals surface area contributed by atoms with Gasteiger partial charge in [0.1, 0.15) is 5.65 Å². The lowest BCUT2D eigenvalue weighted by Gasteiger charge is -2.05. The maximum Gasteiger partial charge on any atom is 0.283 e. The Morgan fingerprint density at radius 3 is 2.95 bits per heavy atom. The third-order valence-electron chi connectivity index (χ3n) is 2.43. The van der Waals surface area contributed by atoms with E-state index in [-0.39, 0.29) is 16.1 Å². The standard InChI is InChI=1S/C10H8ClN5O2S/c11-8-9(16-6-2-1-3-7(16)14-8)19(17,18)15-10-12-4-5-13-10/h1-6H,(H2,12,13,15). The minimum absolute atomic E-state index is 0.0924. The number of nitrogens with one attached hydrogen (secondary N) is 2. The topological polar surface area (TPSA) is 92.1 Å². The maximum absolute atomic E-state index is 12.3. The summed E-state index contributed by atoms with van der Waals surface area (Å²) in [5.41, 5.74) is 0.451. The molecule has 9 heteroatoms. The molecule has 0 atom stereocenters. The first-order valence-corrected chi connectivity index (χ1v) is 7.09. The van der Waals surface area contributed by atoms with E-state index in [0.29, 0.717) is 5.65 Å². The molecule has 0 aliphatic rings. The molecule has 0 saturated carbocycles. The highest BCUT2D eigenvalue weighted by Crippen LogP contribution is 2.23. The van der Waals surface area contributed by atoms with Crippen LogP contribution in [0.4, 0.5) is 5.95 Å². The summed E-state index contributed by atoms with van der Waals surface area (Å²) in [5.74, 6) is 0.113. The molecular weight excluding hydrogens is 290 g/mol. The Morgan fingerprint density at radius 2 is 2.21 bits per heavy atom. The lowest BCUT2D eigenvalue weighted by Crippen LogP contribution is -2.16. The van der Waals surface area contributed by atoms with E-state index in [1.165, 1.54) is 16.8 Å². The van der Waals surface area contributed by atoms with Crippen LogP contribution in [-0.4, -0.2) is 27.8 Å². The van der Waals surface area contributed by atoms with Gasteiger partial charge in [-0.25, -0.2) is 14.7 Å². The number of hydrogen-bond donors (Lipinski definition) is 2. The van der Waals surface area contributed by atoms with E-state index in [1.54, 1.807) is 24.4 Å². The number of aromatic nitrogens is 4. The quantitative estimate of drug-likeness (QED) is 0.766. The molecule has 3 aromatic heterocycles. The van der Waals surface area contributed by atoms with Crippen LogP contribution in [0.25, 0.3) is 5.65 Å². The third-order valence-corrected chi connectivity index (χ3v) is 4.17. The Bertz CT molecular complexity index is 825. The fourth-order valence-electron chi connectivity index (χ4n) is 1.68. The van der Waals surface area contributed by atoms with Gasteiger partial charge in [0.05, 0.1) is 0 Å². The van der Waals surface area contributed by atoms with Crippen molar-refractivity contribution < 1.29 is 8.42 Å². The highest BCUT2D eigenvalue weighted by atomic mass is 35.5. The monoisotopic (exact) mass is 297 g/mol. The highest BCUT2D eigenvalue weighted by Gasteiger charge is 2.24. The predicted octanol–water partition coefficient (Wildman–Crippen LogP) is 1.51. The van der Waals surface area contributed by atoms with Gasteiger partial charge in [0.15, 0.2) is 10.2 Å². The Morgan fingerprint density at radius 1 is 1.37 bits per heavy atom. The summed E-state index contributed by atoms with van der Waals surface area (Å²) in [7, 11) is -3.87. The van der Waals surface area contributed by atoms with Crippen LogP contribution in [0.5, 0.6) is 0 Å². The number of anilines is 1. The minimum atomic E-state index is -3.87. The van der Waals surface area contributed by atoms with E-state index < -0.39 is 10.0 Å². The second-order valence-electron chi connectivity index (χ2n) is 3.68. The molecule has 0 amide bonds. The second kappa shape index (κ2) is 4.25. The number of hydrogen-bond acceptors (Lipinski definition) is 4. The molecule has 98 valence electrons. The van der Waals surface area contributed by atoms with Crippen molar-refractivity contribution in [2.45, 2.75) is 5.03 Å². The van der Waals surface area contributed by atoms with E-state index in [1.807, 2.05) is 0 Å². The molecule has 19 heavy (non-hydrogen) atoms. The molecule has 2 N–H and O–H groups in total. The molecule has 0 bridgehead atoms.